The Bertz CT molecular complexity index is 2450. The van der Waals surface area contributed by atoms with Gasteiger partial charge < -0.3 is 60.3 Å². The van der Waals surface area contributed by atoms with Crippen LogP contribution in [0.4, 0.5) is 0 Å². The van der Waals surface area contributed by atoms with Gasteiger partial charge in [-0.05, 0) is 73.0 Å². The van der Waals surface area contributed by atoms with Crippen molar-refractivity contribution in [1.82, 2.24) is 4.90 Å². The van der Waals surface area contributed by atoms with Crippen molar-refractivity contribution in [1.29, 1.82) is 0 Å². The maximum absolute atomic E-state index is 12.7. The number of fused-ring (bicyclic) bond motifs is 3. The average molecular weight is 852 g/mol. The second-order valence-electron chi connectivity index (χ2n) is 14.1. The van der Waals surface area contributed by atoms with Crippen molar-refractivity contribution in [3.63, 3.8) is 0 Å². The number of phenols is 7. The van der Waals surface area contributed by atoms with E-state index in [4.69, 9.17) is 19.7 Å². The molecule has 2 atom stereocenters. The van der Waals surface area contributed by atoms with E-state index in [0.717, 1.165) is 18.2 Å². The molecule has 3 heterocycles. The lowest BCUT2D eigenvalue weighted by Crippen LogP contribution is -2.34. The molecule has 9 N–H and O–H groups in total. The summed E-state index contributed by atoms with van der Waals surface area (Å²) in [4.78, 5) is 37.0. The Morgan fingerprint density at radius 3 is 1.84 bits per heavy atom. The Labute approximate surface area is 352 Å². The van der Waals surface area contributed by atoms with Crippen LogP contribution in [0, 0.1) is 0 Å². The lowest BCUT2D eigenvalue weighted by atomic mass is 9.88. The molecule has 0 spiro atoms. The number of likely N-dealkylation sites (tertiary alicyclic amines) is 1. The highest BCUT2D eigenvalue weighted by Gasteiger charge is 2.37. The summed E-state index contributed by atoms with van der Waals surface area (Å²) < 4.78 is 11.4. The number of ether oxygens (including phenoxy) is 2. The van der Waals surface area contributed by atoms with Crippen LogP contribution in [0.3, 0.4) is 0 Å². The minimum Gasteiger partial charge on any atom is -0.508 e. The van der Waals surface area contributed by atoms with E-state index >= 15 is 0 Å². The van der Waals surface area contributed by atoms with Crippen LogP contribution in [-0.4, -0.2) is 95.0 Å². The first-order valence-corrected chi connectivity index (χ1v) is 19.5. The standard InChI is InChI=1S/C22H18O10.C19H19NS.C4H4O4/c23-11-6-14(25)12-8-19(32-22(30)10-4-16(27)20(29)17(28)5-10)21(31-18(12)7-11)9-1-2-13(24)15(26)3-9;1-20-12-10-14(11-13-20)19-15-6-2-4-8-17(15)21-18-9-5-3-7-16(18)19;5-3(6)1-2-4(7)8/h1-7,19,21,23-29H,8H2;2-9H,10-13H2,1H3;1-2H,(H,5,6)(H,7,8). The lowest BCUT2D eigenvalue weighted by Gasteiger charge is -2.34. The molecule has 5 aromatic rings. The van der Waals surface area contributed by atoms with E-state index in [-0.39, 0.29) is 40.5 Å². The number of carbonyl (C=O) groups excluding carboxylic acids is 1. The number of benzene rings is 5. The van der Waals surface area contributed by atoms with Crippen molar-refractivity contribution in [2.24, 2.45) is 0 Å². The molecule has 1 fully saturated rings. The Balaban J connectivity index is 0.000000183. The van der Waals surface area contributed by atoms with E-state index in [1.54, 1.807) is 5.57 Å². The molecule has 0 aliphatic carbocycles. The molecule has 5 aromatic carbocycles. The van der Waals surface area contributed by atoms with Gasteiger partial charge in [0, 0.05) is 64.7 Å². The Morgan fingerprint density at radius 1 is 0.705 bits per heavy atom. The third-order valence-corrected chi connectivity index (χ3v) is 11.1. The van der Waals surface area contributed by atoms with Crippen molar-refractivity contribution >= 4 is 35.2 Å². The summed E-state index contributed by atoms with van der Waals surface area (Å²) in [5.74, 6) is -6.94. The number of esters is 1. The van der Waals surface area contributed by atoms with Crippen molar-refractivity contribution in [3.8, 4) is 46.0 Å². The summed E-state index contributed by atoms with van der Waals surface area (Å²) in [5.41, 5.74) is 6.33. The molecule has 0 amide bonds. The number of rotatable bonds is 5. The van der Waals surface area contributed by atoms with Crippen LogP contribution < -0.4 is 4.74 Å². The van der Waals surface area contributed by atoms with Crippen LogP contribution in [0.5, 0.6) is 46.0 Å². The zero-order valence-corrected chi connectivity index (χ0v) is 33.2. The van der Waals surface area contributed by atoms with Crippen LogP contribution >= 0.6 is 11.8 Å². The molecule has 0 radical (unpaired) electrons. The molecule has 15 nitrogen and oxygen atoms in total. The molecule has 2 unspecified atom stereocenters. The van der Waals surface area contributed by atoms with E-state index < -0.39 is 53.1 Å². The van der Waals surface area contributed by atoms with Gasteiger partial charge in [-0.25, -0.2) is 14.4 Å². The van der Waals surface area contributed by atoms with Crippen LogP contribution in [0.25, 0.3) is 5.57 Å². The van der Waals surface area contributed by atoms with E-state index in [9.17, 15) is 50.1 Å². The number of piperidine rings is 1. The maximum atomic E-state index is 12.7. The fraction of sp³-hybridized carbons (Fsp3) is 0.178. The molecule has 8 rings (SSSR count). The highest BCUT2D eigenvalue weighted by atomic mass is 32.2. The number of carbonyl (C=O) groups is 3. The first-order chi connectivity index (χ1) is 29.1. The number of carboxylic acids is 2. The zero-order chi connectivity index (χ0) is 44.0. The van der Waals surface area contributed by atoms with E-state index in [1.165, 1.54) is 76.7 Å². The summed E-state index contributed by atoms with van der Waals surface area (Å²) in [6.07, 6.45) is 1.38. The minimum atomic E-state index is -1.26. The molecule has 0 bridgehead atoms. The van der Waals surface area contributed by atoms with E-state index in [2.05, 4.69) is 60.5 Å². The van der Waals surface area contributed by atoms with Gasteiger partial charge >= 0.3 is 17.9 Å². The van der Waals surface area contributed by atoms with Gasteiger partial charge in [0.2, 0.25) is 0 Å². The number of hydrogen-bond acceptors (Lipinski definition) is 14. The SMILES string of the molecule is CN1CCC(=C2c3ccccc3Sc3ccccc32)CC1.O=C(O)C=CC(=O)O.O=C(OC1Cc2c(O)cc(O)cc2OC1c1ccc(O)c(O)c1)c1cc(O)c(O)c(O)c1. The molecule has 61 heavy (non-hydrogen) atoms. The van der Waals surface area contributed by atoms with Crippen molar-refractivity contribution < 1.29 is 69.8 Å². The molecule has 16 heteroatoms. The normalized spacial score (nSPS) is 16.6. The van der Waals surface area contributed by atoms with Gasteiger partial charge in [-0.2, -0.15) is 0 Å². The highest BCUT2D eigenvalue weighted by Crippen LogP contribution is 2.48. The minimum absolute atomic E-state index is 0.0461. The summed E-state index contributed by atoms with van der Waals surface area (Å²) in [6, 6.07) is 25.8. The number of phenolic OH excluding ortho intramolecular Hbond substituents is 7. The van der Waals surface area contributed by atoms with Crippen LogP contribution in [0.1, 0.15) is 51.6 Å². The number of nitrogens with zero attached hydrogens (tertiary/aromatic N) is 1. The van der Waals surface area contributed by atoms with Crippen LogP contribution in [0.2, 0.25) is 0 Å². The van der Waals surface area contributed by atoms with Gasteiger partial charge in [-0.1, -0.05) is 59.8 Å². The third kappa shape index (κ3) is 10.3. The van der Waals surface area contributed by atoms with Gasteiger partial charge in [0.1, 0.15) is 23.4 Å². The quantitative estimate of drug-likeness (QED) is 0.0485. The first kappa shape index (κ1) is 43.3. The van der Waals surface area contributed by atoms with Gasteiger partial charge in [0.05, 0.1) is 5.56 Å². The molecule has 3 aliphatic rings. The summed E-state index contributed by atoms with van der Waals surface area (Å²) in [7, 11) is 2.22. The third-order valence-electron chi connectivity index (χ3n) is 9.90. The average Bonchev–Trinajstić information content (AvgIpc) is 3.23. The number of aliphatic carboxylic acids is 2. The number of hydrogen-bond donors (Lipinski definition) is 9. The van der Waals surface area contributed by atoms with E-state index in [1.807, 2.05) is 11.8 Å². The van der Waals surface area contributed by atoms with Crippen molar-refractivity contribution in [2.45, 2.75) is 41.3 Å². The second kappa shape index (κ2) is 18.7. The van der Waals surface area contributed by atoms with Crippen molar-refractivity contribution in [3.05, 3.63) is 137 Å². The predicted octanol–water partition coefficient (Wildman–Crippen LogP) is 6.92. The second-order valence-corrected chi connectivity index (χ2v) is 15.2. The Kier molecular flexibility index (Phi) is 13.3. The topological polar surface area (TPSA) is 255 Å². The largest absolute Gasteiger partial charge is 0.508 e. The van der Waals surface area contributed by atoms with Gasteiger partial charge in [-0.15, -0.1) is 0 Å². The summed E-state index contributed by atoms with van der Waals surface area (Å²) in [5, 5.41) is 83.9. The lowest BCUT2D eigenvalue weighted by molar-refractivity contribution is -0.134. The van der Waals surface area contributed by atoms with Crippen LogP contribution in [0.15, 0.2) is 119 Å². The molecule has 316 valence electrons. The Morgan fingerprint density at radius 2 is 1.28 bits per heavy atom. The number of carboxylic acid groups (broad SMARTS) is 2. The first-order valence-electron chi connectivity index (χ1n) is 18.7. The van der Waals surface area contributed by atoms with Crippen LogP contribution in [-0.2, 0) is 20.7 Å². The fourth-order valence-corrected chi connectivity index (χ4v) is 8.02. The van der Waals surface area contributed by atoms with Crippen molar-refractivity contribution in [2.75, 3.05) is 20.1 Å². The molecule has 0 saturated carbocycles. The fourth-order valence-electron chi connectivity index (χ4n) is 6.93. The summed E-state index contributed by atoms with van der Waals surface area (Å²) in [6.45, 7) is 2.35. The van der Waals surface area contributed by atoms with Gasteiger partial charge in [0.25, 0.3) is 0 Å². The monoisotopic (exact) mass is 851 g/mol. The maximum Gasteiger partial charge on any atom is 0.338 e. The zero-order valence-electron chi connectivity index (χ0n) is 32.4. The van der Waals surface area contributed by atoms with Gasteiger partial charge in [0.15, 0.2) is 34.9 Å². The molecule has 1 saturated heterocycles. The number of aromatic hydroxyl groups is 7. The smallest absolute Gasteiger partial charge is 0.338 e. The predicted molar refractivity (Wildman–Crippen MR) is 221 cm³/mol. The molecule has 0 aromatic heterocycles. The highest BCUT2D eigenvalue weighted by molar-refractivity contribution is 7.99. The molecule has 3 aliphatic heterocycles. The van der Waals surface area contributed by atoms with E-state index in [0.29, 0.717) is 17.7 Å². The molecular formula is C45H41NO14S. The molecular weight excluding hydrogens is 811 g/mol. The summed E-state index contributed by atoms with van der Waals surface area (Å²) >= 11 is 1.91. The van der Waals surface area contributed by atoms with Gasteiger partial charge in [-0.3, -0.25) is 0 Å². The Hall–Kier alpha value is -7.30.